The van der Waals surface area contributed by atoms with E-state index < -0.39 is 4.92 Å². The molecule has 0 amide bonds. The molecule has 0 spiro atoms. The number of aryl methyl sites for hydroxylation is 1. The molecule has 19 heavy (non-hydrogen) atoms. The molecule has 0 aliphatic rings. The van der Waals surface area contributed by atoms with Crippen LogP contribution in [-0.2, 0) is 20.1 Å². The molecule has 7 heteroatoms. The van der Waals surface area contributed by atoms with Crippen molar-refractivity contribution in [1.29, 1.82) is 0 Å². The molecular formula is C12H13ClN4O2. The monoisotopic (exact) mass is 280 g/mol. The summed E-state index contributed by atoms with van der Waals surface area (Å²) in [7, 11) is 1.91. The molecule has 0 aliphatic carbocycles. The predicted octanol–water partition coefficient (Wildman–Crippen LogP) is 2.27. The van der Waals surface area contributed by atoms with Gasteiger partial charge in [-0.05, 0) is 11.6 Å². The second-order valence-corrected chi connectivity index (χ2v) is 4.50. The lowest BCUT2D eigenvalue weighted by atomic mass is 10.2. The molecule has 1 heterocycles. The molecule has 0 bridgehead atoms. The molecule has 0 radical (unpaired) electrons. The molecule has 6 nitrogen and oxygen atoms in total. The van der Waals surface area contributed by atoms with E-state index in [9.17, 15) is 10.1 Å². The molecule has 100 valence electrons. The highest BCUT2D eigenvalue weighted by atomic mass is 35.5. The van der Waals surface area contributed by atoms with Gasteiger partial charge in [0.15, 0.2) is 0 Å². The summed E-state index contributed by atoms with van der Waals surface area (Å²) >= 11 is 6.01. The zero-order valence-electron chi connectivity index (χ0n) is 10.3. The number of hydrogen-bond acceptors (Lipinski definition) is 4. The first kappa shape index (κ1) is 13.5. The zero-order chi connectivity index (χ0) is 13.8. The molecule has 0 aliphatic heterocycles. The van der Waals surface area contributed by atoms with Crippen LogP contribution in [0.1, 0.15) is 11.4 Å². The predicted molar refractivity (Wildman–Crippen MR) is 71.9 cm³/mol. The molecule has 1 N–H and O–H groups in total. The summed E-state index contributed by atoms with van der Waals surface area (Å²) in [6.07, 6.45) is 3.58. The largest absolute Gasteiger partial charge is 0.337 e. The van der Waals surface area contributed by atoms with Crippen LogP contribution in [0.4, 0.5) is 5.69 Å². The van der Waals surface area contributed by atoms with Gasteiger partial charge in [0.05, 0.1) is 11.5 Å². The number of benzene rings is 1. The molecule has 0 saturated carbocycles. The summed E-state index contributed by atoms with van der Waals surface area (Å²) in [5, 5.41) is 14.4. The number of aromatic nitrogens is 2. The maximum atomic E-state index is 10.7. The molecule has 1 aromatic heterocycles. The number of halogens is 1. The molecule has 0 unspecified atom stereocenters. The van der Waals surface area contributed by atoms with Crippen LogP contribution in [0.5, 0.6) is 0 Å². The van der Waals surface area contributed by atoms with Crippen molar-refractivity contribution in [2.45, 2.75) is 13.1 Å². The van der Waals surface area contributed by atoms with E-state index in [4.69, 9.17) is 11.6 Å². The van der Waals surface area contributed by atoms with E-state index in [0.29, 0.717) is 23.7 Å². The van der Waals surface area contributed by atoms with Crippen LogP contribution in [0.25, 0.3) is 0 Å². The molecule has 0 fully saturated rings. The minimum absolute atomic E-state index is 0.0400. The standard InChI is InChI=1S/C12H13ClN4O2/c1-16-5-4-15-12(16)8-14-7-9-6-10(17(18)19)2-3-11(9)13/h2-6,14H,7-8H2,1H3. The van der Waals surface area contributed by atoms with Crippen LogP contribution in [0, 0.1) is 10.1 Å². The van der Waals surface area contributed by atoms with Crippen molar-refractivity contribution in [2.75, 3.05) is 0 Å². The molecule has 0 atom stereocenters. The Morgan fingerprint density at radius 2 is 2.26 bits per heavy atom. The third-order valence-electron chi connectivity index (χ3n) is 2.76. The Kier molecular flexibility index (Phi) is 4.13. The molecular weight excluding hydrogens is 268 g/mol. The quantitative estimate of drug-likeness (QED) is 0.673. The zero-order valence-corrected chi connectivity index (χ0v) is 11.1. The highest BCUT2D eigenvalue weighted by molar-refractivity contribution is 6.31. The Bertz CT molecular complexity index is 597. The number of nitrogens with zero attached hydrogens (tertiary/aromatic N) is 3. The van der Waals surface area contributed by atoms with Gasteiger partial charge in [-0.2, -0.15) is 0 Å². The van der Waals surface area contributed by atoms with E-state index in [1.807, 2.05) is 17.8 Å². The van der Waals surface area contributed by atoms with Gasteiger partial charge in [0, 0.05) is 43.1 Å². The summed E-state index contributed by atoms with van der Waals surface area (Å²) < 4.78 is 1.90. The van der Waals surface area contributed by atoms with Crippen molar-refractivity contribution in [3.8, 4) is 0 Å². The fraction of sp³-hybridized carbons (Fsp3) is 0.250. The summed E-state index contributed by atoms with van der Waals surface area (Å²) in [5.74, 6) is 0.890. The maximum absolute atomic E-state index is 10.7. The number of nitro benzene ring substituents is 1. The Morgan fingerprint density at radius 3 is 2.89 bits per heavy atom. The molecule has 2 aromatic rings. The Hall–Kier alpha value is -1.92. The van der Waals surface area contributed by atoms with Gasteiger partial charge in [-0.15, -0.1) is 0 Å². The van der Waals surface area contributed by atoms with Gasteiger partial charge in [0.25, 0.3) is 5.69 Å². The van der Waals surface area contributed by atoms with Gasteiger partial charge in [0.1, 0.15) is 5.82 Å². The van der Waals surface area contributed by atoms with E-state index in [1.165, 1.54) is 18.2 Å². The normalized spacial score (nSPS) is 10.6. The SMILES string of the molecule is Cn1ccnc1CNCc1cc([N+](=O)[O-])ccc1Cl. The number of nitro groups is 1. The van der Waals surface area contributed by atoms with Crippen molar-refractivity contribution in [2.24, 2.45) is 7.05 Å². The maximum Gasteiger partial charge on any atom is 0.269 e. The van der Waals surface area contributed by atoms with Crippen molar-refractivity contribution in [1.82, 2.24) is 14.9 Å². The van der Waals surface area contributed by atoms with E-state index in [0.717, 1.165) is 5.82 Å². The summed E-state index contributed by atoms with van der Waals surface area (Å²) in [5.41, 5.74) is 0.739. The molecule has 2 rings (SSSR count). The second-order valence-electron chi connectivity index (χ2n) is 4.09. The summed E-state index contributed by atoms with van der Waals surface area (Å²) in [6.45, 7) is 1.02. The Morgan fingerprint density at radius 1 is 1.47 bits per heavy atom. The van der Waals surface area contributed by atoms with Gasteiger partial charge in [-0.1, -0.05) is 11.6 Å². The Balaban J connectivity index is 2.01. The molecule has 0 saturated heterocycles. The number of non-ortho nitro benzene ring substituents is 1. The van der Waals surface area contributed by atoms with E-state index >= 15 is 0 Å². The fourth-order valence-electron chi connectivity index (χ4n) is 1.69. The number of hydrogen-bond donors (Lipinski definition) is 1. The summed E-state index contributed by atoms with van der Waals surface area (Å²) in [4.78, 5) is 14.4. The van der Waals surface area contributed by atoms with Gasteiger partial charge in [-0.25, -0.2) is 4.98 Å². The van der Waals surface area contributed by atoms with Crippen LogP contribution < -0.4 is 5.32 Å². The highest BCUT2D eigenvalue weighted by Crippen LogP contribution is 2.21. The number of rotatable bonds is 5. The van der Waals surface area contributed by atoms with Crippen LogP contribution in [0.3, 0.4) is 0 Å². The average Bonchev–Trinajstić information content (AvgIpc) is 2.77. The lowest BCUT2D eigenvalue weighted by molar-refractivity contribution is -0.384. The van der Waals surface area contributed by atoms with Crippen molar-refractivity contribution in [3.05, 3.63) is 57.1 Å². The van der Waals surface area contributed by atoms with Gasteiger partial charge < -0.3 is 9.88 Å². The number of nitrogens with one attached hydrogen (secondary N) is 1. The molecule has 1 aromatic carbocycles. The third-order valence-corrected chi connectivity index (χ3v) is 3.13. The first-order valence-electron chi connectivity index (χ1n) is 5.67. The van der Waals surface area contributed by atoms with Gasteiger partial charge in [-0.3, -0.25) is 10.1 Å². The van der Waals surface area contributed by atoms with Crippen LogP contribution in [0.15, 0.2) is 30.6 Å². The van der Waals surface area contributed by atoms with Crippen LogP contribution >= 0.6 is 11.6 Å². The lowest BCUT2D eigenvalue weighted by Crippen LogP contribution is -2.16. The first-order chi connectivity index (χ1) is 9.08. The third kappa shape index (κ3) is 3.30. The average molecular weight is 281 g/mol. The Labute approximate surface area is 115 Å². The van der Waals surface area contributed by atoms with Gasteiger partial charge >= 0.3 is 0 Å². The van der Waals surface area contributed by atoms with Crippen molar-refractivity contribution < 1.29 is 4.92 Å². The van der Waals surface area contributed by atoms with E-state index in [-0.39, 0.29) is 5.69 Å². The van der Waals surface area contributed by atoms with E-state index in [1.54, 1.807) is 6.20 Å². The fourth-order valence-corrected chi connectivity index (χ4v) is 1.87. The number of imidazole rings is 1. The smallest absolute Gasteiger partial charge is 0.269 e. The summed E-state index contributed by atoms with van der Waals surface area (Å²) in [6, 6.07) is 4.41. The second kappa shape index (κ2) is 5.81. The van der Waals surface area contributed by atoms with E-state index in [2.05, 4.69) is 10.3 Å². The minimum atomic E-state index is -0.432. The topological polar surface area (TPSA) is 73.0 Å². The van der Waals surface area contributed by atoms with Crippen LogP contribution in [-0.4, -0.2) is 14.5 Å². The van der Waals surface area contributed by atoms with Crippen molar-refractivity contribution in [3.63, 3.8) is 0 Å². The van der Waals surface area contributed by atoms with Crippen LogP contribution in [0.2, 0.25) is 5.02 Å². The minimum Gasteiger partial charge on any atom is -0.337 e. The lowest BCUT2D eigenvalue weighted by Gasteiger charge is -2.07. The van der Waals surface area contributed by atoms with Crippen molar-refractivity contribution >= 4 is 17.3 Å². The first-order valence-corrected chi connectivity index (χ1v) is 6.05. The van der Waals surface area contributed by atoms with Gasteiger partial charge in [0.2, 0.25) is 0 Å². The highest BCUT2D eigenvalue weighted by Gasteiger charge is 2.09.